The molecule has 0 fully saturated rings. The van der Waals surface area contributed by atoms with Gasteiger partial charge in [-0.2, -0.15) is 0 Å². The van der Waals surface area contributed by atoms with Crippen molar-refractivity contribution in [3.8, 4) is 17.6 Å². The number of hydrogen-bond acceptors (Lipinski definition) is 2. The summed E-state index contributed by atoms with van der Waals surface area (Å²) in [6.07, 6.45) is 0. The van der Waals surface area contributed by atoms with Crippen LogP contribution in [0.15, 0.2) is 21.1 Å². The van der Waals surface area contributed by atoms with Gasteiger partial charge in [0, 0.05) is 16.1 Å². The van der Waals surface area contributed by atoms with E-state index in [9.17, 15) is 5.11 Å². The van der Waals surface area contributed by atoms with Crippen molar-refractivity contribution < 1.29 is 5.11 Å². The first-order chi connectivity index (χ1) is 7.56. The molecular weight excluding hydrogens is 334 g/mol. The van der Waals surface area contributed by atoms with E-state index in [0.29, 0.717) is 11.0 Å². The Bertz CT molecular complexity index is 435. The molecule has 0 aromatic heterocycles. The Kier molecular flexibility index (Phi) is 5.33. The first kappa shape index (κ1) is 13.6. The van der Waals surface area contributed by atoms with Crippen molar-refractivity contribution in [3.05, 3.63) is 26.6 Å². The number of aromatic hydroxyl groups is 1. The van der Waals surface area contributed by atoms with Crippen molar-refractivity contribution >= 4 is 31.9 Å². The van der Waals surface area contributed by atoms with Gasteiger partial charge in [0.2, 0.25) is 0 Å². The van der Waals surface area contributed by atoms with Crippen molar-refractivity contribution in [3.63, 3.8) is 0 Å². The molecule has 0 saturated carbocycles. The number of phenols is 1. The van der Waals surface area contributed by atoms with Gasteiger partial charge in [0.15, 0.2) is 0 Å². The van der Waals surface area contributed by atoms with Crippen LogP contribution in [-0.2, 0) is 0 Å². The lowest BCUT2D eigenvalue weighted by Crippen LogP contribution is -2.18. The maximum Gasteiger partial charge on any atom is 0.134 e. The first-order valence-electron chi connectivity index (χ1n) is 4.87. The molecule has 1 unspecified atom stereocenters. The molecule has 0 bridgehead atoms. The lowest BCUT2D eigenvalue weighted by Gasteiger charge is -2.15. The van der Waals surface area contributed by atoms with E-state index in [0.717, 1.165) is 10.0 Å². The van der Waals surface area contributed by atoms with Crippen LogP contribution in [0.3, 0.4) is 0 Å². The summed E-state index contributed by atoms with van der Waals surface area (Å²) in [5, 5.41) is 13.1. The summed E-state index contributed by atoms with van der Waals surface area (Å²) in [4.78, 5) is 0. The SMILES string of the molecule is CC#CCNC(C)c1cc(Br)cc(Br)c1O. The van der Waals surface area contributed by atoms with Gasteiger partial charge in [-0.3, -0.25) is 5.32 Å². The molecule has 1 aromatic carbocycles. The van der Waals surface area contributed by atoms with Gasteiger partial charge in [-0.25, -0.2) is 0 Å². The third kappa shape index (κ3) is 3.51. The minimum atomic E-state index is 0.0506. The quantitative estimate of drug-likeness (QED) is 0.820. The second-order valence-corrected chi connectivity index (χ2v) is 5.12. The van der Waals surface area contributed by atoms with Crippen molar-refractivity contribution in [1.29, 1.82) is 0 Å². The Morgan fingerprint density at radius 3 is 2.75 bits per heavy atom. The minimum Gasteiger partial charge on any atom is -0.506 e. The van der Waals surface area contributed by atoms with Crippen LogP contribution in [0.1, 0.15) is 25.5 Å². The van der Waals surface area contributed by atoms with Gasteiger partial charge in [0.25, 0.3) is 0 Å². The number of halogens is 2. The monoisotopic (exact) mass is 345 g/mol. The predicted octanol–water partition coefficient (Wildman–Crippen LogP) is 3.59. The second-order valence-electron chi connectivity index (χ2n) is 3.35. The number of nitrogens with one attached hydrogen (secondary N) is 1. The zero-order chi connectivity index (χ0) is 12.1. The zero-order valence-electron chi connectivity index (χ0n) is 9.14. The van der Waals surface area contributed by atoms with Gasteiger partial charge < -0.3 is 5.11 Å². The molecule has 2 nitrogen and oxygen atoms in total. The highest BCUT2D eigenvalue weighted by Crippen LogP contribution is 2.34. The molecule has 2 N–H and O–H groups in total. The van der Waals surface area contributed by atoms with Crippen LogP contribution in [0, 0.1) is 11.8 Å². The van der Waals surface area contributed by atoms with Crippen molar-refractivity contribution in [1.82, 2.24) is 5.32 Å². The molecule has 86 valence electrons. The Labute approximate surface area is 113 Å². The molecule has 1 atom stereocenters. The summed E-state index contributed by atoms with van der Waals surface area (Å²) in [5.41, 5.74) is 0.846. The number of hydrogen-bond donors (Lipinski definition) is 2. The summed E-state index contributed by atoms with van der Waals surface area (Å²) >= 11 is 6.71. The van der Waals surface area contributed by atoms with Gasteiger partial charge in [-0.15, -0.1) is 5.92 Å². The smallest absolute Gasteiger partial charge is 0.134 e. The van der Waals surface area contributed by atoms with Crippen LogP contribution in [0.5, 0.6) is 5.75 Å². The van der Waals surface area contributed by atoms with Crippen molar-refractivity contribution in [2.45, 2.75) is 19.9 Å². The van der Waals surface area contributed by atoms with E-state index in [-0.39, 0.29) is 11.8 Å². The maximum atomic E-state index is 9.91. The van der Waals surface area contributed by atoms with E-state index in [4.69, 9.17) is 0 Å². The average molecular weight is 347 g/mol. The highest BCUT2D eigenvalue weighted by molar-refractivity contribution is 9.11. The van der Waals surface area contributed by atoms with E-state index in [1.807, 2.05) is 19.1 Å². The molecule has 0 amide bonds. The highest BCUT2D eigenvalue weighted by Gasteiger charge is 2.12. The van der Waals surface area contributed by atoms with Crippen LogP contribution in [0.4, 0.5) is 0 Å². The molecule has 0 aliphatic rings. The Hall–Kier alpha value is -0.500. The van der Waals surface area contributed by atoms with Gasteiger partial charge in [0.05, 0.1) is 11.0 Å². The molecular formula is C12H13Br2NO. The molecule has 0 saturated heterocycles. The normalized spacial score (nSPS) is 11.8. The summed E-state index contributed by atoms with van der Waals surface area (Å²) in [5.74, 6) is 6.02. The maximum absolute atomic E-state index is 9.91. The largest absolute Gasteiger partial charge is 0.506 e. The van der Waals surface area contributed by atoms with E-state index in [1.54, 1.807) is 6.92 Å². The lowest BCUT2D eigenvalue weighted by molar-refractivity contribution is 0.453. The lowest BCUT2D eigenvalue weighted by atomic mass is 10.1. The van der Waals surface area contributed by atoms with Crippen LogP contribution < -0.4 is 5.32 Å². The molecule has 1 aromatic rings. The fourth-order valence-corrected chi connectivity index (χ4v) is 2.58. The third-order valence-electron chi connectivity index (χ3n) is 2.20. The van der Waals surface area contributed by atoms with Gasteiger partial charge >= 0.3 is 0 Å². The van der Waals surface area contributed by atoms with Crippen LogP contribution in [0.2, 0.25) is 0 Å². The Morgan fingerprint density at radius 2 is 2.12 bits per heavy atom. The second kappa shape index (κ2) is 6.29. The Balaban J connectivity index is 2.88. The minimum absolute atomic E-state index is 0.0506. The van der Waals surface area contributed by atoms with Crippen LogP contribution in [0.25, 0.3) is 0 Å². The van der Waals surface area contributed by atoms with E-state index >= 15 is 0 Å². The van der Waals surface area contributed by atoms with Gasteiger partial charge in [0.1, 0.15) is 5.75 Å². The fourth-order valence-electron chi connectivity index (χ4n) is 1.32. The van der Waals surface area contributed by atoms with Crippen LogP contribution >= 0.6 is 31.9 Å². The molecule has 4 heteroatoms. The standard InChI is InChI=1S/C12H13Br2NO/c1-3-4-5-15-8(2)10-6-9(13)7-11(14)12(10)16/h6-8,15-16H,5H2,1-2H3. The summed E-state index contributed by atoms with van der Waals surface area (Å²) in [7, 11) is 0. The average Bonchev–Trinajstić information content (AvgIpc) is 2.23. The summed E-state index contributed by atoms with van der Waals surface area (Å²) in [6, 6.07) is 3.77. The van der Waals surface area contributed by atoms with E-state index in [2.05, 4.69) is 49.0 Å². The highest BCUT2D eigenvalue weighted by atomic mass is 79.9. The van der Waals surface area contributed by atoms with Crippen molar-refractivity contribution in [2.24, 2.45) is 0 Å². The van der Waals surface area contributed by atoms with E-state index < -0.39 is 0 Å². The molecule has 0 radical (unpaired) electrons. The van der Waals surface area contributed by atoms with Crippen molar-refractivity contribution in [2.75, 3.05) is 6.54 Å². The van der Waals surface area contributed by atoms with E-state index in [1.165, 1.54) is 0 Å². The molecule has 0 aliphatic heterocycles. The molecule has 16 heavy (non-hydrogen) atoms. The number of rotatable bonds is 3. The Morgan fingerprint density at radius 1 is 1.44 bits per heavy atom. The van der Waals surface area contributed by atoms with Gasteiger partial charge in [-0.1, -0.05) is 21.9 Å². The predicted molar refractivity (Wildman–Crippen MR) is 73.4 cm³/mol. The molecule has 0 aliphatic carbocycles. The van der Waals surface area contributed by atoms with Gasteiger partial charge in [-0.05, 0) is 41.9 Å². The summed E-state index contributed by atoms with van der Waals surface area (Å²) < 4.78 is 1.62. The fraction of sp³-hybridized carbons (Fsp3) is 0.333. The zero-order valence-corrected chi connectivity index (χ0v) is 12.3. The first-order valence-corrected chi connectivity index (χ1v) is 6.45. The third-order valence-corrected chi connectivity index (χ3v) is 3.26. The topological polar surface area (TPSA) is 32.3 Å². The van der Waals surface area contributed by atoms with Crippen LogP contribution in [-0.4, -0.2) is 11.7 Å². The number of benzene rings is 1. The molecule has 0 heterocycles. The summed E-state index contributed by atoms with van der Waals surface area (Å²) in [6.45, 7) is 4.41. The molecule has 0 spiro atoms. The number of phenolic OH excluding ortho intramolecular Hbond substituents is 1. The molecule has 1 rings (SSSR count).